The third-order valence-electron chi connectivity index (χ3n) is 5.42. The number of anilines is 2. The lowest BCUT2D eigenvalue weighted by atomic mass is 10.1. The van der Waals surface area contributed by atoms with E-state index in [0.29, 0.717) is 31.9 Å². The number of aromatic hydroxyl groups is 1. The number of hydrogen-bond donors (Lipinski definition) is 2. The van der Waals surface area contributed by atoms with Gasteiger partial charge in [0, 0.05) is 25.2 Å². The minimum absolute atomic E-state index is 0.0393. The molecule has 1 amide bonds. The van der Waals surface area contributed by atoms with Gasteiger partial charge in [0.05, 0.1) is 35.7 Å². The number of benzene rings is 2. The monoisotopic (exact) mass is 481 g/mol. The molecule has 2 N–H and O–H groups in total. The van der Waals surface area contributed by atoms with Crippen molar-refractivity contribution in [1.29, 1.82) is 0 Å². The van der Waals surface area contributed by atoms with E-state index in [0.717, 1.165) is 11.8 Å². The molecule has 12 heteroatoms. The largest absolute Gasteiger partial charge is 0.506 e. The first-order valence-electron chi connectivity index (χ1n) is 9.90. The van der Waals surface area contributed by atoms with Gasteiger partial charge in [0.2, 0.25) is 20.0 Å². The molecule has 1 fully saturated rings. The highest BCUT2D eigenvalue weighted by atomic mass is 32.2. The molecule has 0 radical (unpaired) electrons. The van der Waals surface area contributed by atoms with Gasteiger partial charge in [0.25, 0.3) is 5.91 Å². The van der Waals surface area contributed by atoms with Gasteiger partial charge in [-0.1, -0.05) is 0 Å². The normalized spacial score (nSPS) is 17.2. The van der Waals surface area contributed by atoms with Gasteiger partial charge < -0.3 is 15.2 Å². The molecule has 0 atom stereocenters. The van der Waals surface area contributed by atoms with E-state index in [1.807, 2.05) is 0 Å². The summed E-state index contributed by atoms with van der Waals surface area (Å²) in [6.45, 7) is 1.36. The summed E-state index contributed by atoms with van der Waals surface area (Å²) in [5.74, 6) is -0.828. The van der Waals surface area contributed by atoms with Crippen LogP contribution in [0.25, 0.3) is 0 Å². The van der Waals surface area contributed by atoms with Crippen molar-refractivity contribution in [2.24, 2.45) is 0 Å². The van der Waals surface area contributed by atoms with Gasteiger partial charge in [0.15, 0.2) is 0 Å². The van der Waals surface area contributed by atoms with Crippen LogP contribution in [0.3, 0.4) is 0 Å². The van der Waals surface area contributed by atoms with Gasteiger partial charge in [0.1, 0.15) is 5.75 Å². The third kappa shape index (κ3) is 4.31. The quantitative estimate of drug-likeness (QED) is 0.609. The SMILES string of the molecule is CS(=O)(=O)N1CCc2cc(C(=O)Nc3cc(S(=O)(=O)N4CCOCC4)ccc3O)ccc21. The van der Waals surface area contributed by atoms with Crippen LogP contribution in [0, 0.1) is 0 Å². The lowest BCUT2D eigenvalue weighted by molar-refractivity contribution is 0.0730. The number of morpholine rings is 1. The van der Waals surface area contributed by atoms with Crippen molar-refractivity contribution in [3.05, 3.63) is 47.5 Å². The first-order chi connectivity index (χ1) is 15.1. The number of fused-ring (bicyclic) bond motifs is 1. The van der Waals surface area contributed by atoms with Gasteiger partial charge in [-0.15, -0.1) is 0 Å². The Morgan fingerprint density at radius 3 is 2.44 bits per heavy atom. The smallest absolute Gasteiger partial charge is 0.255 e. The molecule has 2 aromatic carbocycles. The van der Waals surface area contributed by atoms with Crippen LogP contribution >= 0.6 is 0 Å². The Kier molecular flexibility index (Phi) is 5.88. The fourth-order valence-electron chi connectivity index (χ4n) is 3.76. The summed E-state index contributed by atoms with van der Waals surface area (Å²) in [7, 11) is -7.20. The second kappa shape index (κ2) is 8.35. The number of rotatable bonds is 5. The molecule has 4 rings (SSSR count). The van der Waals surface area contributed by atoms with E-state index in [1.54, 1.807) is 12.1 Å². The summed E-state index contributed by atoms with van der Waals surface area (Å²) in [5, 5.41) is 12.7. The van der Waals surface area contributed by atoms with Crippen LogP contribution < -0.4 is 9.62 Å². The number of nitrogens with zero attached hydrogens (tertiary/aromatic N) is 2. The van der Waals surface area contributed by atoms with Crippen molar-refractivity contribution in [2.75, 3.05) is 48.7 Å². The fraction of sp³-hybridized carbons (Fsp3) is 0.350. The summed E-state index contributed by atoms with van der Waals surface area (Å²) < 4.78 is 57.3. The van der Waals surface area contributed by atoms with Crippen molar-refractivity contribution < 1.29 is 31.5 Å². The molecule has 0 spiro atoms. The van der Waals surface area contributed by atoms with E-state index in [1.165, 1.54) is 32.9 Å². The number of phenolic OH excluding ortho intramolecular Hbond substituents is 1. The molecule has 0 unspecified atom stereocenters. The van der Waals surface area contributed by atoms with Crippen LogP contribution in [0.15, 0.2) is 41.3 Å². The van der Waals surface area contributed by atoms with E-state index in [-0.39, 0.29) is 35.0 Å². The molecule has 2 heterocycles. The average molecular weight is 482 g/mol. The zero-order valence-electron chi connectivity index (χ0n) is 17.3. The van der Waals surface area contributed by atoms with E-state index in [9.17, 15) is 26.7 Å². The Hall–Kier alpha value is -2.67. The predicted molar refractivity (Wildman–Crippen MR) is 118 cm³/mol. The first kappa shape index (κ1) is 22.5. The number of amides is 1. The summed E-state index contributed by atoms with van der Waals surface area (Å²) in [6.07, 6.45) is 1.60. The maximum atomic E-state index is 12.9. The second-order valence-electron chi connectivity index (χ2n) is 7.58. The van der Waals surface area contributed by atoms with Gasteiger partial charge in [-0.25, -0.2) is 16.8 Å². The summed E-state index contributed by atoms with van der Waals surface area (Å²) in [4.78, 5) is 12.7. The van der Waals surface area contributed by atoms with Crippen LogP contribution in [-0.4, -0.2) is 71.3 Å². The Bertz CT molecular complexity index is 1270. The van der Waals surface area contributed by atoms with Crippen molar-refractivity contribution >= 4 is 37.3 Å². The lowest BCUT2D eigenvalue weighted by Crippen LogP contribution is -2.40. The lowest BCUT2D eigenvalue weighted by Gasteiger charge is -2.26. The highest BCUT2D eigenvalue weighted by molar-refractivity contribution is 7.92. The third-order valence-corrected chi connectivity index (χ3v) is 8.49. The van der Waals surface area contributed by atoms with Crippen LogP contribution in [0.5, 0.6) is 5.75 Å². The van der Waals surface area contributed by atoms with Gasteiger partial charge in [-0.3, -0.25) is 9.10 Å². The molecule has 0 aliphatic carbocycles. The number of carbonyl (C=O) groups excluding carboxylic acids is 1. The number of nitrogens with one attached hydrogen (secondary N) is 1. The van der Waals surface area contributed by atoms with Crippen LogP contribution in [0.2, 0.25) is 0 Å². The van der Waals surface area contributed by atoms with Crippen molar-refractivity contribution in [3.8, 4) is 5.75 Å². The second-order valence-corrected chi connectivity index (χ2v) is 11.4. The first-order valence-corrected chi connectivity index (χ1v) is 13.2. The predicted octanol–water partition coefficient (Wildman–Crippen LogP) is 0.988. The van der Waals surface area contributed by atoms with E-state index in [4.69, 9.17) is 4.74 Å². The van der Waals surface area contributed by atoms with Crippen LogP contribution in [0.4, 0.5) is 11.4 Å². The molecule has 0 aromatic heterocycles. The summed E-state index contributed by atoms with van der Waals surface area (Å²) in [6, 6.07) is 8.37. The van der Waals surface area contributed by atoms with Crippen LogP contribution in [-0.2, 0) is 31.2 Å². The van der Waals surface area contributed by atoms with Gasteiger partial charge in [-0.05, 0) is 48.4 Å². The van der Waals surface area contributed by atoms with E-state index >= 15 is 0 Å². The molecular formula is C20H23N3O7S2. The molecule has 32 heavy (non-hydrogen) atoms. The highest BCUT2D eigenvalue weighted by Crippen LogP contribution is 2.32. The molecule has 0 saturated carbocycles. The van der Waals surface area contributed by atoms with Gasteiger partial charge >= 0.3 is 0 Å². The number of sulfonamides is 2. The molecule has 0 bridgehead atoms. The molecule has 2 aliphatic heterocycles. The molecular weight excluding hydrogens is 458 g/mol. The van der Waals surface area contributed by atoms with E-state index < -0.39 is 26.0 Å². The summed E-state index contributed by atoms with van der Waals surface area (Å²) in [5.41, 5.74) is 1.48. The Morgan fingerprint density at radius 2 is 1.75 bits per heavy atom. The topological polar surface area (TPSA) is 133 Å². The fourth-order valence-corrected chi connectivity index (χ4v) is 6.16. The number of hydrogen-bond acceptors (Lipinski definition) is 7. The number of phenols is 1. The zero-order chi connectivity index (χ0) is 23.1. The Labute approximate surface area is 186 Å². The Balaban J connectivity index is 1.57. The Morgan fingerprint density at radius 1 is 1.03 bits per heavy atom. The van der Waals surface area contributed by atoms with Gasteiger partial charge in [-0.2, -0.15) is 4.31 Å². The molecule has 172 valence electrons. The number of carbonyl (C=O) groups is 1. The molecule has 2 aromatic rings. The number of ether oxygens (including phenoxy) is 1. The minimum Gasteiger partial charge on any atom is -0.506 e. The van der Waals surface area contributed by atoms with Crippen molar-refractivity contribution in [2.45, 2.75) is 11.3 Å². The molecule has 10 nitrogen and oxygen atoms in total. The maximum absolute atomic E-state index is 12.9. The summed E-state index contributed by atoms with van der Waals surface area (Å²) >= 11 is 0. The van der Waals surface area contributed by atoms with Crippen molar-refractivity contribution in [1.82, 2.24) is 4.31 Å². The average Bonchev–Trinajstić information content (AvgIpc) is 3.19. The van der Waals surface area contributed by atoms with Crippen molar-refractivity contribution in [3.63, 3.8) is 0 Å². The highest BCUT2D eigenvalue weighted by Gasteiger charge is 2.28. The molecule has 2 aliphatic rings. The zero-order valence-corrected chi connectivity index (χ0v) is 18.9. The maximum Gasteiger partial charge on any atom is 0.255 e. The standard InChI is InChI=1S/C20H23N3O7S2/c1-31(26,27)23-7-6-14-12-15(2-4-18(14)23)20(25)21-17-13-16(3-5-19(17)24)32(28,29)22-8-10-30-11-9-22/h2-5,12-13,24H,6-11H2,1H3,(H,21,25). The van der Waals surface area contributed by atoms with E-state index in [2.05, 4.69) is 5.32 Å². The molecule has 1 saturated heterocycles. The van der Waals surface area contributed by atoms with Crippen LogP contribution in [0.1, 0.15) is 15.9 Å². The minimum atomic E-state index is -3.80.